The molecule has 3 rings (SSSR count). The van der Waals surface area contributed by atoms with Crippen LogP contribution in [0.25, 0.3) is 0 Å². The first-order chi connectivity index (χ1) is 9.15. The summed E-state index contributed by atoms with van der Waals surface area (Å²) in [6, 6.07) is 0.499. The molecule has 6 heteroatoms. The fraction of sp³-hybridized carbons (Fsp3) is 0.846. The van der Waals surface area contributed by atoms with Crippen LogP contribution in [-0.4, -0.2) is 39.9 Å². The Labute approximate surface area is 113 Å². The molecule has 2 aliphatic rings. The lowest BCUT2D eigenvalue weighted by atomic mass is 9.99. The topological polar surface area (TPSA) is 80.1 Å². The molecule has 4 unspecified atom stereocenters. The van der Waals surface area contributed by atoms with Gasteiger partial charge in [0.25, 0.3) is 0 Å². The van der Waals surface area contributed by atoms with Gasteiger partial charge in [0.1, 0.15) is 6.10 Å². The lowest BCUT2D eigenvalue weighted by molar-refractivity contribution is 0.0505. The second-order valence-electron chi connectivity index (χ2n) is 5.77. The fourth-order valence-corrected chi connectivity index (χ4v) is 3.00. The van der Waals surface area contributed by atoms with Gasteiger partial charge in [-0.3, -0.25) is 5.10 Å². The molecule has 19 heavy (non-hydrogen) atoms. The Morgan fingerprint density at radius 2 is 2.16 bits per heavy atom. The lowest BCUT2D eigenvalue weighted by Gasteiger charge is -2.36. The zero-order valence-corrected chi connectivity index (χ0v) is 11.7. The average molecular weight is 265 g/mol. The smallest absolute Gasteiger partial charge is 0.245 e. The van der Waals surface area contributed by atoms with E-state index in [1.807, 2.05) is 0 Å². The Hall–Kier alpha value is -1.14. The van der Waals surface area contributed by atoms with Gasteiger partial charge in [-0.05, 0) is 39.5 Å². The van der Waals surface area contributed by atoms with E-state index >= 15 is 0 Å². The molecule has 6 nitrogen and oxygen atoms in total. The maximum absolute atomic E-state index is 6.12. The zero-order valence-electron chi connectivity index (χ0n) is 11.7. The second kappa shape index (κ2) is 5.09. The van der Waals surface area contributed by atoms with Crippen LogP contribution in [0, 0.1) is 0 Å². The Bertz CT molecular complexity index is 434. The first-order valence-electron chi connectivity index (χ1n) is 7.25. The number of ether oxygens (including phenoxy) is 1. The normalized spacial score (nSPS) is 35.8. The maximum Gasteiger partial charge on any atom is 0.245 e. The van der Waals surface area contributed by atoms with Crippen LogP contribution in [0.4, 0.5) is 5.95 Å². The predicted molar refractivity (Wildman–Crippen MR) is 72.9 cm³/mol. The van der Waals surface area contributed by atoms with Gasteiger partial charge in [0.2, 0.25) is 5.95 Å². The third-order valence-corrected chi connectivity index (χ3v) is 4.33. The number of aromatic amines is 1. The summed E-state index contributed by atoms with van der Waals surface area (Å²) in [4.78, 5) is 6.81. The number of hydrogen-bond acceptors (Lipinski definition) is 5. The summed E-state index contributed by atoms with van der Waals surface area (Å²) in [5, 5.41) is 7.38. The summed E-state index contributed by atoms with van der Waals surface area (Å²) in [5.41, 5.74) is 6.12. The van der Waals surface area contributed by atoms with E-state index in [1.165, 1.54) is 0 Å². The van der Waals surface area contributed by atoms with Gasteiger partial charge in [0.05, 0.1) is 6.10 Å². The highest BCUT2D eigenvalue weighted by atomic mass is 16.5. The summed E-state index contributed by atoms with van der Waals surface area (Å²) in [5.74, 6) is 1.62. The second-order valence-corrected chi connectivity index (χ2v) is 5.77. The molecule has 1 aromatic heterocycles. The highest BCUT2D eigenvalue weighted by Gasteiger charge is 2.30. The van der Waals surface area contributed by atoms with E-state index < -0.39 is 0 Å². The quantitative estimate of drug-likeness (QED) is 0.844. The van der Waals surface area contributed by atoms with Gasteiger partial charge in [-0.15, -0.1) is 5.10 Å². The molecule has 0 amide bonds. The van der Waals surface area contributed by atoms with Crippen molar-refractivity contribution in [2.75, 3.05) is 11.4 Å². The molecule has 0 spiro atoms. The number of rotatable bonds is 2. The molecule has 2 saturated heterocycles. The highest BCUT2D eigenvalue weighted by molar-refractivity contribution is 5.32. The summed E-state index contributed by atoms with van der Waals surface area (Å²) >= 11 is 0. The van der Waals surface area contributed by atoms with Crippen molar-refractivity contribution in [1.29, 1.82) is 0 Å². The van der Waals surface area contributed by atoms with Crippen LogP contribution in [0.5, 0.6) is 0 Å². The Balaban J connectivity index is 1.73. The number of nitrogens with one attached hydrogen (secondary N) is 1. The first kappa shape index (κ1) is 12.9. The van der Waals surface area contributed by atoms with Crippen molar-refractivity contribution in [3.05, 3.63) is 5.82 Å². The largest absolute Gasteiger partial charge is 0.367 e. The van der Waals surface area contributed by atoms with E-state index in [0.717, 1.165) is 44.0 Å². The minimum Gasteiger partial charge on any atom is -0.367 e. The average Bonchev–Trinajstić information content (AvgIpc) is 3.01. The van der Waals surface area contributed by atoms with Crippen LogP contribution in [-0.2, 0) is 4.74 Å². The molecule has 0 saturated carbocycles. The van der Waals surface area contributed by atoms with Crippen molar-refractivity contribution in [3.63, 3.8) is 0 Å². The molecule has 2 fully saturated rings. The Morgan fingerprint density at radius 1 is 1.32 bits per heavy atom. The summed E-state index contributed by atoms with van der Waals surface area (Å²) in [6.45, 7) is 5.23. The first-order valence-corrected chi connectivity index (χ1v) is 7.25. The summed E-state index contributed by atoms with van der Waals surface area (Å²) < 4.78 is 5.82. The Kier molecular flexibility index (Phi) is 3.45. The molecule has 4 atom stereocenters. The fourth-order valence-electron chi connectivity index (χ4n) is 3.00. The van der Waals surface area contributed by atoms with Crippen LogP contribution < -0.4 is 10.6 Å². The molecule has 0 radical (unpaired) electrons. The molecule has 3 N–H and O–H groups in total. The van der Waals surface area contributed by atoms with Crippen LogP contribution >= 0.6 is 0 Å². The van der Waals surface area contributed by atoms with E-state index in [-0.39, 0.29) is 12.1 Å². The van der Waals surface area contributed by atoms with Gasteiger partial charge in [-0.25, -0.2) is 0 Å². The number of H-pyrrole nitrogens is 1. The molecule has 1 aromatic rings. The lowest BCUT2D eigenvalue weighted by Crippen LogP contribution is -2.51. The molecule has 0 aliphatic carbocycles. The third-order valence-electron chi connectivity index (χ3n) is 4.33. The Morgan fingerprint density at radius 3 is 2.89 bits per heavy atom. The van der Waals surface area contributed by atoms with Crippen LogP contribution in [0.15, 0.2) is 0 Å². The molecular formula is C13H23N5O. The number of nitrogens with zero attached hydrogens (tertiary/aromatic N) is 3. The van der Waals surface area contributed by atoms with Gasteiger partial charge in [-0.2, -0.15) is 4.98 Å². The van der Waals surface area contributed by atoms with E-state index in [4.69, 9.17) is 10.5 Å². The number of anilines is 1. The van der Waals surface area contributed by atoms with Gasteiger partial charge >= 0.3 is 0 Å². The van der Waals surface area contributed by atoms with Gasteiger partial charge < -0.3 is 15.4 Å². The van der Waals surface area contributed by atoms with E-state index in [1.54, 1.807) is 0 Å². The minimum absolute atomic E-state index is 0.0741. The molecule has 0 aromatic carbocycles. The SMILES string of the molecule is CC1CCC(c2nc(N3CCCC(N)C3C)n[nH]2)O1. The van der Waals surface area contributed by atoms with Crippen molar-refractivity contribution in [2.24, 2.45) is 5.73 Å². The van der Waals surface area contributed by atoms with E-state index in [9.17, 15) is 0 Å². The molecule has 0 bridgehead atoms. The number of hydrogen-bond donors (Lipinski definition) is 2. The van der Waals surface area contributed by atoms with Gasteiger partial charge in [0, 0.05) is 18.6 Å². The monoisotopic (exact) mass is 265 g/mol. The highest BCUT2D eigenvalue weighted by Crippen LogP contribution is 2.31. The van der Waals surface area contributed by atoms with Crippen molar-refractivity contribution < 1.29 is 4.74 Å². The maximum atomic E-state index is 6.12. The van der Waals surface area contributed by atoms with Gasteiger partial charge in [0.15, 0.2) is 5.82 Å². The zero-order chi connectivity index (χ0) is 13.4. The predicted octanol–water partition coefficient (Wildman–Crippen LogP) is 1.36. The molecule has 2 aliphatic heterocycles. The van der Waals surface area contributed by atoms with E-state index in [2.05, 4.69) is 33.9 Å². The number of nitrogens with two attached hydrogens (primary N) is 1. The molecular weight excluding hydrogens is 242 g/mol. The number of piperidine rings is 1. The van der Waals surface area contributed by atoms with Crippen molar-refractivity contribution in [1.82, 2.24) is 15.2 Å². The van der Waals surface area contributed by atoms with Crippen LogP contribution in [0.1, 0.15) is 51.5 Å². The van der Waals surface area contributed by atoms with Crippen LogP contribution in [0.2, 0.25) is 0 Å². The summed E-state index contributed by atoms with van der Waals surface area (Å²) in [6.07, 6.45) is 4.69. The molecule has 106 valence electrons. The van der Waals surface area contributed by atoms with Crippen molar-refractivity contribution >= 4 is 5.95 Å². The van der Waals surface area contributed by atoms with E-state index in [0.29, 0.717) is 12.1 Å². The standard InChI is InChI=1S/C13H23N5O/c1-8-5-6-11(19-8)12-15-13(17-16-12)18-7-3-4-10(14)9(18)2/h8-11H,3-7,14H2,1-2H3,(H,15,16,17). The van der Waals surface area contributed by atoms with Crippen LogP contribution in [0.3, 0.4) is 0 Å². The van der Waals surface area contributed by atoms with Gasteiger partial charge in [-0.1, -0.05) is 0 Å². The minimum atomic E-state index is 0.0741. The van der Waals surface area contributed by atoms with Crippen molar-refractivity contribution in [2.45, 2.75) is 63.8 Å². The molecule has 3 heterocycles. The van der Waals surface area contributed by atoms with Crippen molar-refractivity contribution in [3.8, 4) is 0 Å². The third kappa shape index (κ3) is 2.47. The summed E-state index contributed by atoms with van der Waals surface area (Å²) in [7, 11) is 0. The number of aromatic nitrogens is 3.